The molecule has 2 heteroatoms. The fourth-order valence-electron chi connectivity index (χ4n) is 2.17. The zero-order valence-electron chi connectivity index (χ0n) is 9.30. The van der Waals surface area contributed by atoms with Crippen molar-refractivity contribution < 1.29 is 0 Å². The zero-order valence-corrected chi connectivity index (χ0v) is 9.30. The molecule has 80 valence electrons. The summed E-state index contributed by atoms with van der Waals surface area (Å²) in [4.78, 5) is 4.44. The first-order chi connectivity index (χ1) is 7.84. The maximum Gasteiger partial charge on any atom is 0.100 e. The summed E-state index contributed by atoms with van der Waals surface area (Å²) in [5.74, 6) is 0.603. The van der Waals surface area contributed by atoms with Crippen LogP contribution in [0.15, 0.2) is 42.7 Å². The summed E-state index contributed by atoms with van der Waals surface area (Å²) in [5, 5.41) is 0. The van der Waals surface area contributed by atoms with Crippen LogP contribution in [0.5, 0.6) is 0 Å². The topological polar surface area (TPSA) is 17.8 Å². The summed E-state index contributed by atoms with van der Waals surface area (Å²) in [5.41, 5.74) is 3.63. The standard InChI is InChI=1S/C14H14N2/c1-11-7-8-13-14(9-11)16(10-15-13)12-5-3-2-4-6-12/h2-8,10-11H,9H2,1H3. The number of aromatic nitrogens is 2. The molecule has 0 radical (unpaired) electrons. The van der Waals surface area contributed by atoms with Gasteiger partial charge in [0.05, 0.1) is 11.4 Å². The highest BCUT2D eigenvalue weighted by Crippen LogP contribution is 2.24. The van der Waals surface area contributed by atoms with E-state index in [2.05, 4.69) is 52.9 Å². The second kappa shape index (κ2) is 3.63. The van der Waals surface area contributed by atoms with Crippen LogP contribution in [0.2, 0.25) is 0 Å². The first kappa shape index (κ1) is 9.40. The molecule has 1 heterocycles. The second-order valence-electron chi connectivity index (χ2n) is 4.32. The fourth-order valence-corrected chi connectivity index (χ4v) is 2.17. The van der Waals surface area contributed by atoms with Crippen LogP contribution in [0.3, 0.4) is 0 Å². The minimum absolute atomic E-state index is 0.603. The monoisotopic (exact) mass is 210 g/mol. The Morgan fingerprint density at radius 2 is 2.06 bits per heavy atom. The fraction of sp³-hybridized carbons (Fsp3) is 0.214. The normalized spacial score (nSPS) is 18.4. The Labute approximate surface area is 95.3 Å². The van der Waals surface area contributed by atoms with E-state index in [0.29, 0.717) is 5.92 Å². The summed E-state index contributed by atoms with van der Waals surface area (Å²) >= 11 is 0. The van der Waals surface area contributed by atoms with Crippen LogP contribution in [-0.4, -0.2) is 9.55 Å². The maximum absolute atomic E-state index is 4.44. The van der Waals surface area contributed by atoms with Gasteiger partial charge in [-0.15, -0.1) is 0 Å². The molecule has 0 spiro atoms. The van der Waals surface area contributed by atoms with Crippen LogP contribution in [0.4, 0.5) is 0 Å². The highest BCUT2D eigenvalue weighted by atomic mass is 15.1. The molecule has 3 rings (SSSR count). The van der Waals surface area contributed by atoms with E-state index in [0.717, 1.165) is 12.1 Å². The number of hydrogen-bond acceptors (Lipinski definition) is 1. The van der Waals surface area contributed by atoms with Gasteiger partial charge in [-0.05, 0) is 30.5 Å². The molecule has 2 nitrogen and oxygen atoms in total. The second-order valence-corrected chi connectivity index (χ2v) is 4.32. The maximum atomic E-state index is 4.44. The average molecular weight is 210 g/mol. The SMILES string of the molecule is CC1C=Cc2ncn(-c3ccccc3)c2C1. The van der Waals surface area contributed by atoms with Gasteiger partial charge >= 0.3 is 0 Å². The Bertz CT molecular complexity index is 523. The largest absolute Gasteiger partial charge is 0.303 e. The predicted octanol–water partition coefficient (Wildman–Crippen LogP) is 3.08. The lowest BCUT2D eigenvalue weighted by Crippen LogP contribution is -2.07. The molecular formula is C14H14N2. The lowest BCUT2D eigenvalue weighted by Gasteiger charge is -2.15. The van der Waals surface area contributed by atoms with Crippen molar-refractivity contribution in [1.29, 1.82) is 0 Å². The first-order valence-corrected chi connectivity index (χ1v) is 5.64. The molecule has 0 aliphatic heterocycles. The number of nitrogens with zero attached hydrogens (tertiary/aromatic N) is 2. The molecule has 1 unspecified atom stereocenters. The van der Waals surface area contributed by atoms with Gasteiger partial charge in [0, 0.05) is 5.69 Å². The third kappa shape index (κ3) is 1.47. The summed E-state index contributed by atoms with van der Waals surface area (Å²) in [6.07, 6.45) is 7.34. The van der Waals surface area contributed by atoms with Gasteiger partial charge in [-0.2, -0.15) is 0 Å². The molecular weight excluding hydrogens is 196 g/mol. The van der Waals surface area contributed by atoms with Gasteiger partial charge in [-0.25, -0.2) is 4.98 Å². The van der Waals surface area contributed by atoms with Crippen molar-refractivity contribution >= 4 is 6.08 Å². The molecule has 1 aliphatic rings. The number of benzene rings is 1. The van der Waals surface area contributed by atoms with Gasteiger partial charge in [0.15, 0.2) is 0 Å². The average Bonchev–Trinajstić information content (AvgIpc) is 2.73. The Kier molecular flexibility index (Phi) is 2.13. The Morgan fingerprint density at radius 3 is 2.88 bits per heavy atom. The number of imidazole rings is 1. The summed E-state index contributed by atoms with van der Waals surface area (Å²) in [6, 6.07) is 10.4. The van der Waals surface area contributed by atoms with E-state index < -0.39 is 0 Å². The molecule has 0 saturated heterocycles. The molecule has 0 N–H and O–H groups in total. The van der Waals surface area contributed by atoms with Crippen molar-refractivity contribution in [3.05, 3.63) is 54.1 Å². The van der Waals surface area contributed by atoms with E-state index in [1.54, 1.807) is 0 Å². The molecule has 0 saturated carbocycles. The minimum atomic E-state index is 0.603. The smallest absolute Gasteiger partial charge is 0.100 e. The molecule has 1 aromatic heterocycles. The number of fused-ring (bicyclic) bond motifs is 1. The third-order valence-electron chi connectivity index (χ3n) is 3.03. The van der Waals surface area contributed by atoms with Gasteiger partial charge in [0.2, 0.25) is 0 Å². The van der Waals surface area contributed by atoms with E-state index in [1.165, 1.54) is 11.4 Å². The summed E-state index contributed by atoms with van der Waals surface area (Å²) < 4.78 is 2.19. The first-order valence-electron chi connectivity index (χ1n) is 5.64. The van der Waals surface area contributed by atoms with Crippen LogP contribution >= 0.6 is 0 Å². The van der Waals surface area contributed by atoms with E-state index in [4.69, 9.17) is 0 Å². The van der Waals surface area contributed by atoms with Crippen LogP contribution in [0, 0.1) is 5.92 Å². The summed E-state index contributed by atoms with van der Waals surface area (Å²) in [6.45, 7) is 2.24. The third-order valence-corrected chi connectivity index (χ3v) is 3.03. The van der Waals surface area contributed by atoms with Crippen LogP contribution < -0.4 is 0 Å². The number of rotatable bonds is 1. The number of allylic oxidation sites excluding steroid dienone is 1. The predicted molar refractivity (Wildman–Crippen MR) is 65.5 cm³/mol. The lowest BCUT2D eigenvalue weighted by atomic mass is 9.98. The van der Waals surface area contributed by atoms with E-state index in [-0.39, 0.29) is 0 Å². The van der Waals surface area contributed by atoms with Crippen molar-refractivity contribution in [2.45, 2.75) is 13.3 Å². The number of hydrogen-bond donors (Lipinski definition) is 0. The van der Waals surface area contributed by atoms with Crippen molar-refractivity contribution in [3.8, 4) is 5.69 Å². The molecule has 0 amide bonds. The molecule has 2 aromatic rings. The number of para-hydroxylation sites is 1. The molecule has 1 aliphatic carbocycles. The van der Waals surface area contributed by atoms with Crippen molar-refractivity contribution in [1.82, 2.24) is 9.55 Å². The Hall–Kier alpha value is -1.83. The molecule has 1 aromatic carbocycles. The molecule has 1 atom stereocenters. The van der Waals surface area contributed by atoms with Crippen molar-refractivity contribution in [3.63, 3.8) is 0 Å². The van der Waals surface area contributed by atoms with Crippen molar-refractivity contribution in [2.24, 2.45) is 5.92 Å². The highest BCUT2D eigenvalue weighted by molar-refractivity contribution is 5.53. The minimum Gasteiger partial charge on any atom is -0.303 e. The quantitative estimate of drug-likeness (QED) is 0.707. The van der Waals surface area contributed by atoms with Crippen LogP contribution in [-0.2, 0) is 6.42 Å². The van der Waals surface area contributed by atoms with Gasteiger partial charge in [-0.1, -0.05) is 31.2 Å². The van der Waals surface area contributed by atoms with E-state index in [9.17, 15) is 0 Å². The Balaban J connectivity index is 2.11. The van der Waals surface area contributed by atoms with Gasteiger partial charge in [0.1, 0.15) is 6.33 Å². The van der Waals surface area contributed by atoms with E-state index >= 15 is 0 Å². The van der Waals surface area contributed by atoms with Gasteiger partial charge in [-0.3, -0.25) is 0 Å². The zero-order chi connectivity index (χ0) is 11.0. The Morgan fingerprint density at radius 1 is 1.25 bits per heavy atom. The van der Waals surface area contributed by atoms with Crippen LogP contribution in [0.1, 0.15) is 18.3 Å². The van der Waals surface area contributed by atoms with Crippen LogP contribution in [0.25, 0.3) is 11.8 Å². The van der Waals surface area contributed by atoms with E-state index in [1.807, 2.05) is 12.4 Å². The molecule has 0 bridgehead atoms. The molecule has 0 fully saturated rings. The molecule has 16 heavy (non-hydrogen) atoms. The van der Waals surface area contributed by atoms with Gasteiger partial charge < -0.3 is 4.57 Å². The summed E-state index contributed by atoms with van der Waals surface area (Å²) in [7, 11) is 0. The highest BCUT2D eigenvalue weighted by Gasteiger charge is 2.16. The van der Waals surface area contributed by atoms with Gasteiger partial charge in [0.25, 0.3) is 0 Å². The lowest BCUT2D eigenvalue weighted by molar-refractivity contribution is 0.687. The van der Waals surface area contributed by atoms with Crippen molar-refractivity contribution in [2.75, 3.05) is 0 Å².